The topological polar surface area (TPSA) is 59.1 Å². The number of anilines is 1. The number of hydrogen-bond acceptors (Lipinski definition) is 3. The molecule has 0 aromatic carbocycles. The minimum atomic E-state index is -0.633. The molecule has 1 aromatic rings. The van der Waals surface area contributed by atoms with Crippen molar-refractivity contribution in [3.63, 3.8) is 0 Å². The number of aliphatic hydroxyl groups excluding tert-OH is 1. The molecule has 1 aromatic heterocycles. The number of pyridine rings is 1. The van der Waals surface area contributed by atoms with Gasteiger partial charge in [0.15, 0.2) is 0 Å². The monoisotopic (exact) mass is 166 g/mol. The van der Waals surface area contributed by atoms with E-state index in [-0.39, 0.29) is 12.3 Å². The van der Waals surface area contributed by atoms with Crippen LogP contribution in [0.15, 0.2) is 12.1 Å². The van der Waals surface area contributed by atoms with Crippen molar-refractivity contribution in [1.29, 1.82) is 0 Å². The van der Waals surface area contributed by atoms with Gasteiger partial charge in [-0.15, -0.1) is 0 Å². The van der Waals surface area contributed by atoms with E-state index >= 15 is 0 Å². The predicted molar refractivity (Wildman–Crippen MR) is 42.6 cm³/mol. The highest BCUT2D eigenvalue weighted by atomic mass is 19.1. The summed E-state index contributed by atoms with van der Waals surface area (Å²) in [6, 6.07) is 2.53. The lowest BCUT2D eigenvalue weighted by atomic mass is 10.3. The summed E-state index contributed by atoms with van der Waals surface area (Å²) in [5.74, 6) is 4.12. The molecular formula is C8H7FN2O. The van der Waals surface area contributed by atoms with Crippen molar-refractivity contribution >= 4 is 5.69 Å². The average Bonchev–Trinajstić information content (AvgIpc) is 2.07. The van der Waals surface area contributed by atoms with Crippen molar-refractivity contribution in [2.45, 2.75) is 0 Å². The standard InChI is InChI=1S/C8H7FN2O/c9-8-4-3-6(10)7(11-8)2-1-5-12/h3-4,12H,5,10H2. The quantitative estimate of drug-likeness (QED) is 0.426. The van der Waals surface area contributed by atoms with E-state index in [0.717, 1.165) is 6.07 Å². The first-order valence-electron chi connectivity index (χ1n) is 3.26. The Morgan fingerprint density at radius 1 is 1.58 bits per heavy atom. The Morgan fingerprint density at radius 3 is 3.00 bits per heavy atom. The first-order chi connectivity index (χ1) is 5.74. The van der Waals surface area contributed by atoms with E-state index in [0.29, 0.717) is 5.69 Å². The van der Waals surface area contributed by atoms with E-state index in [4.69, 9.17) is 10.8 Å². The summed E-state index contributed by atoms with van der Waals surface area (Å²) in [4.78, 5) is 3.43. The Balaban J connectivity index is 3.05. The van der Waals surface area contributed by atoms with Crippen LogP contribution in [0, 0.1) is 17.8 Å². The van der Waals surface area contributed by atoms with Crippen LogP contribution in [0.5, 0.6) is 0 Å². The largest absolute Gasteiger partial charge is 0.396 e. The molecule has 4 heteroatoms. The van der Waals surface area contributed by atoms with Crippen LogP contribution in [-0.2, 0) is 0 Å². The molecule has 1 rings (SSSR count). The minimum absolute atomic E-state index is 0.157. The van der Waals surface area contributed by atoms with Gasteiger partial charge >= 0.3 is 0 Å². The molecule has 0 amide bonds. The number of halogens is 1. The second kappa shape index (κ2) is 3.69. The molecule has 0 aliphatic heterocycles. The third kappa shape index (κ3) is 1.94. The van der Waals surface area contributed by atoms with Crippen LogP contribution in [0.2, 0.25) is 0 Å². The number of nitrogens with two attached hydrogens (primary N) is 1. The minimum Gasteiger partial charge on any atom is -0.396 e. The first kappa shape index (κ1) is 8.50. The lowest BCUT2D eigenvalue weighted by molar-refractivity contribution is 0.350. The van der Waals surface area contributed by atoms with Crippen LogP contribution in [0.4, 0.5) is 10.1 Å². The molecule has 3 N–H and O–H groups in total. The molecule has 0 radical (unpaired) electrons. The molecule has 12 heavy (non-hydrogen) atoms. The molecule has 0 bridgehead atoms. The summed E-state index contributed by atoms with van der Waals surface area (Å²) < 4.78 is 12.5. The SMILES string of the molecule is Nc1ccc(F)nc1C#CCO. The number of nitrogen functional groups attached to an aromatic ring is 1. The van der Waals surface area contributed by atoms with Gasteiger partial charge in [0.1, 0.15) is 12.3 Å². The van der Waals surface area contributed by atoms with Gasteiger partial charge in [-0.05, 0) is 18.1 Å². The van der Waals surface area contributed by atoms with Gasteiger partial charge in [-0.2, -0.15) is 4.39 Å². The smallest absolute Gasteiger partial charge is 0.214 e. The van der Waals surface area contributed by atoms with Gasteiger partial charge in [-0.1, -0.05) is 5.92 Å². The average molecular weight is 166 g/mol. The molecule has 0 fully saturated rings. The predicted octanol–water partition coefficient (Wildman–Crippen LogP) is 0.147. The number of rotatable bonds is 0. The van der Waals surface area contributed by atoms with E-state index in [9.17, 15) is 4.39 Å². The van der Waals surface area contributed by atoms with E-state index < -0.39 is 5.95 Å². The third-order valence-electron chi connectivity index (χ3n) is 1.18. The maximum Gasteiger partial charge on any atom is 0.214 e. The first-order valence-corrected chi connectivity index (χ1v) is 3.26. The maximum atomic E-state index is 12.5. The highest BCUT2D eigenvalue weighted by molar-refractivity contribution is 5.51. The number of nitrogens with zero attached hydrogens (tertiary/aromatic N) is 1. The molecule has 1 heterocycles. The molecule has 62 valence electrons. The normalized spacial score (nSPS) is 8.83. The van der Waals surface area contributed by atoms with Crippen LogP contribution >= 0.6 is 0 Å². The van der Waals surface area contributed by atoms with Crippen molar-refractivity contribution in [1.82, 2.24) is 4.98 Å². The second-order valence-electron chi connectivity index (χ2n) is 2.03. The molecule has 0 saturated heterocycles. The Labute approximate surface area is 69.0 Å². The molecule has 0 aliphatic carbocycles. The summed E-state index contributed by atoms with van der Waals surface area (Å²) in [5, 5.41) is 8.35. The number of hydrogen-bond donors (Lipinski definition) is 2. The van der Waals surface area contributed by atoms with Crippen LogP contribution < -0.4 is 5.73 Å². The highest BCUT2D eigenvalue weighted by Crippen LogP contribution is 2.06. The van der Waals surface area contributed by atoms with E-state index in [1.807, 2.05) is 0 Å². The van der Waals surface area contributed by atoms with Gasteiger partial charge in [0.25, 0.3) is 0 Å². The molecule has 0 unspecified atom stereocenters. The fraction of sp³-hybridized carbons (Fsp3) is 0.125. The van der Waals surface area contributed by atoms with Gasteiger partial charge in [0.2, 0.25) is 5.95 Å². The summed E-state index contributed by atoms with van der Waals surface area (Å²) in [6.07, 6.45) is 0. The Morgan fingerprint density at radius 2 is 2.33 bits per heavy atom. The van der Waals surface area contributed by atoms with Crippen molar-refractivity contribution < 1.29 is 9.50 Å². The summed E-state index contributed by atoms with van der Waals surface area (Å²) >= 11 is 0. The number of aromatic nitrogens is 1. The van der Waals surface area contributed by atoms with Crippen LogP contribution in [0.25, 0.3) is 0 Å². The fourth-order valence-corrected chi connectivity index (χ4v) is 0.669. The van der Waals surface area contributed by atoms with Crippen LogP contribution in [0.3, 0.4) is 0 Å². The Hall–Kier alpha value is -1.60. The Kier molecular flexibility index (Phi) is 2.62. The van der Waals surface area contributed by atoms with E-state index in [1.54, 1.807) is 0 Å². The number of aliphatic hydroxyl groups is 1. The molecule has 3 nitrogen and oxygen atoms in total. The van der Waals surface area contributed by atoms with Gasteiger partial charge < -0.3 is 10.8 Å². The summed E-state index contributed by atoms with van der Waals surface area (Å²) in [7, 11) is 0. The Bertz CT molecular complexity index is 341. The second-order valence-corrected chi connectivity index (χ2v) is 2.03. The summed E-state index contributed by atoms with van der Waals surface area (Å²) in [5.41, 5.74) is 5.88. The van der Waals surface area contributed by atoms with E-state index in [1.165, 1.54) is 6.07 Å². The highest BCUT2D eigenvalue weighted by Gasteiger charge is 1.97. The molecule has 0 spiro atoms. The lowest BCUT2D eigenvalue weighted by Crippen LogP contribution is -1.95. The van der Waals surface area contributed by atoms with Crippen molar-refractivity contribution in [3.8, 4) is 11.8 Å². The van der Waals surface area contributed by atoms with E-state index in [2.05, 4.69) is 16.8 Å². The zero-order chi connectivity index (χ0) is 8.97. The molecular weight excluding hydrogens is 159 g/mol. The lowest BCUT2D eigenvalue weighted by Gasteiger charge is -1.95. The zero-order valence-corrected chi connectivity index (χ0v) is 6.21. The van der Waals surface area contributed by atoms with Crippen molar-refractivity contribution in [2.75, 3.05) is 12.3 Å². The molecule has 0 atom stereocenters. The van der Waals surface area contributed by atoms with Crippen LogP contribution in [0.1, 0.15) is 5.69 Å². The van der Waals surface area contributed by atoms with Gasteiger partial charge in [0.05, 0.1) is 5.69 Å². The maximum absolute atomic E-state index is 12.5. The van der Waals surface area contributed by atoms with Crippen molar-refractivity contribution in [3.05, 3.63) is 23.8 Å². The molecule has 0 saturated carbocycles. The van der Waals surface area contributed by atoms with Crippen LogP contribution in [-0.4, -0.2) is 16.7 Å². The van der Waals surface area contributed by atoms with Crippen molar-refractivity contribution in [2.24, 2.45) is 0 Å². The zero-order valence-electron chi connectivity index (χ0n) is 6.21. The third-order valence-corrected chi connectivity index (χ3v) is 1.18. The van der Waals surface area contributed by atoms with Gasteiger partial charge in [-0.3, -0.25) is 0 Å². The fourth-order valence-electron chi connectivity index (χ4n) is 0.669. The summed E-state index contributed by atoms with van der Waals surface area (Å²) in [6.45, 7) is -0.294. The molecule has 0 aliphatic rings. The van der Waals surface area contributed by atoms with Gasteiger partial charge in [0, 0.05) is 0 Å². The van der Waals surface area contributed by atoms with Gasteiger partial charge in [-0.25, -0.2) is 4.98 Å².